The molecule has 2 aliphatic heterocycles. The van der Waals surface area contributed by atoms with E-state index < -0.39 is 17.8 Å². The minimum atomic E-state index is -4.37. The molecule has 4 nitrogen and oxygen atoms in total. The molecule has 1 atom stereocenters. The van der Waals surface area contributed by atoms with Gasteiger partial charge < -0.3 is 9.64 Å². The molecule has 0 N–H and O–H groups in total. The molecule has 2 saturated heterocycles. The Hall–Kier alpha value is -1.60. The van der Waals surface area contributed by atoms with Crippen LogP contribution in [0.15, 0.2) is 24.3 Å². The van der Waals surface area contributed by atoms with Crippen LogP contribution in [0.5, 0.6) is 0 Å². The van der Waals surface area contributed by atoms with Gasteiger partial charge in [0.15, 0.2) is 0 Å². The Bertz CT molecular complexity index is 585. The zero-order valence-electron chi connectivity index (χ0n) is 13.4. The van der Waals surface area contributed by atoms with Crippen LogP contribution in [0, 0.1) is 0 Å². The Morgan fingerprint density at radius 2 is 1.88 bits per heavy atom. The first-order chi connectivity index (χ1) is 11.4. The highest BCUT2D eigenvalue weighted by atomic mass is 19.4. The highest BCUT2D eigenvalue weighted by Crippen LogP contribution is 2.32. The number of carbonyl (C=O) groups is 1. The zero-order chi connectivity index (χ0) is 17.2. The van der Waals surface area contributed by atoms with Crippen LogP contribution >= 0.6 is 0 Å². The Labute approximate surface area is 139 Å². The lowest BCUT2D eigenvalue weighted by molar-refractivity contribution is -0.149. The van der Waals surface area contributed by atoms with E-state index in [-0.39, 0.29) is 18.0 Å². The quantitative estimate of drug-likeness (QED) is 0.846. The standard InChI is InChI=1S/C17H21F3N2O2/c18-17(19,20)14-6-2-1-5-13(14)11-21-9-10-24-15(12-21)16(23)22-7-3-4-8-22/h1-2,5-6,15H,3-4,7-12H2. The summed E-state index contributed by atoms with van der Waals surface area (Å²) in [7, 11) is 0. The number of likely N-dealkylation sites (tertiary alicyclic amines) is 1. The molecule has 0 saturated carbocycles. The van der Waals surface area contributed by atoms with E-state index in [4.69, 9.17) is 4.74 Å². The Morgan fingerprint density at radius 3 is 2.58 bits per heavy atom. The summed E-state index contributed by atoms with van der Waals surface area (Å²) in [5, 5.41) is 0. The maximum absolute atomic E-state index is 13.1. The van der Waals surface area contributed by atoms with Crippen LogP contribution in [-0.2, 0) is 22.3 Å². The zero-order valence-corrected chi connectivity index (χ0v) is 13.4. The molecule has 7 heteroatoms. The summed E-state index contributed by atoms with van der Waals surface area (Å²) >= 11 is 0. The van der Waals surface area contributed by atoms with E-state index in [1.165, 1.54) is 12.1 Å². The molecule has 0 radical (unpaired) electrons. The van der Waals surface area contributed by atoms with Crippen LogP contribution in [-0.4, -0.2) is 54.6 Å². The summed E-state index contributed by atoms with van der Waals surface area (Å²) in [5.41, 5.74) is -0.377. The second-order valence-corrected chi connectivity index (χ2v) is 6.28. The lowest BCUT2D eigenvalue weighted by atomic mass is 10.1. The number of ether oxygens (including phenoxy) is 1. The fourth-order valence-electron chi connectivity index (χ4n) is 3.31. The van der Waals surface area contributed by atoms with Gasteiger partial charge in [0.25, 0.3) is 5.91 Å². The van der Waals surface area contributed by atoms with Gasteiger partial charge in [-0.05, 0) is 24.5 Å². The second-order valence-electron chi connectivity index (χ2n) is 6.28. The predicted octanol–water partition coefficient (Wildman–Crippen LogP) is 2.53. The number of alkyl halides is 3. The summed E-state index contributed by atoms with van der Waals surface area (Å²) in [4.78, 5) is 16.1. The summed E-state index contributed by atoms with van der Waals surface area (Å²) in [6.45, 7) is 2.88. The van der Waals surface area contributed by atoms with E-state index in [1.54, 1.807) is 11.0 Å². The van der Waals surface area contributed by atoms with E-state index in [9.17, 15) is 18.0 Å². The average molecular weight is 342 g/mol. The van der Waals surface area contributed by atoms with Crippen molar-refractivity contribution in [3.8, 4) is 0 Å². The third-order valence-electron chi connectivity index (χ3n) is 4.56. The molecule has 24 heavy (non-hydrogen) atoms. The molecule has 2 heterocycles. The number of morpholine rings is 1. The fourth-order valence-corrected chi connectivity index (χ4v) is 3.31. The SMILES string of the molecule is O=C(C1CN(Cc2ccccc2C(F)(F)F)CCO1)N1CCCC1. The third-order valence-corrected chi connectivity index (χ3v) is 4.56. The van der Waals surface area contributed by atoms with Crippen molar-refractivity contribution in [1.82, 2.24) is 9.80 Å². The van der Waals surface area contributed by atoms with Crippen LogP contribution in [0.1, 0.15) is 24.0 Å². The van der Waals surface area contributed by atoms with Gasteiger partial charge in [-0.1, -0.05) is 18.2 Å². The number of carbonyl (C=O) groups excluding carboxylic acids is 1. The van der Waals surface area contributed by atoms with Crippen molar-refractivity contribution in [2.75, 3.05) is 32.8 Å². The molecule has 2 fully saturated rings. The topological polar surface area (TPSA) is 32.8 Å². The van der Waals surface area contributed by atoms with Crippen LogP contribution in [0.2, 0.25) is 0 Å². The first-order valence-corrected chi connectivity index (χ1v) is 8.23. The monoisotopic (exact) mass is 342 g/mol. The van der Waals surface area contributed by atoms with Crippen LogP contribution in [0.3, 0.4) is 0 Å². The molecule has 0 aliphatic carbocycles. The minimum Gasteiger partial charge on any atom is -0.366 e. The highest BCUT2D eigenvalue weighted by Gasteiger charge is 2.35. The summed E-state index contributed by atoms with van der Waals surface area (Å²) in [6, 6.07) is 5.60. The number of halogens is 3. The number of hydrogen-bond donors (Lipinski definition) is 0. The first kappa shape index (κ1) is 17.2. The molecular formula is C17H21F3N2O2. The normalized spacial score (nSPS) is 22.8. The highest BCUT2D eigenvalue weighted by molar-refractivity contribution is 5.81. The van der Waals surface area contributed by atoms with Gasteiger partial charge in [-0.2, -0.15) is 13.2 Å². The summed E-state index contributed by atoms with van der Waals surface area (Å²) < 4.78 is 44.9. The van der Waals surface area contributed by atoms with Gasteiger partial charge in [-0.3, -0.25) is 9.69 Å². The lowest BCUT2D eigenvalue weighted by Gasteiger charge is -2.34. The molecular weight excluding hydrogens is 321 g/mol. The van der Waals surface area contributed by atoms with Crippen molar-refractivity contribution in [2.45, 2.75) is 31.7 Å². The Morgan fingerprint density at radius 1 is 1.17 bits per heavy atom. The van der Waals surface area contributed by atoms with Gasteiger partial charge >= 0.3 is 6.18 Å². The minimum absolute atomic E-state index is 0.0405. The Kier molecular flexibility index (Phi) is 5.10. The number of rotatable bonds is 3. The van der Waals surface area contributed by atoms with Gasteiger partial charge in [-0.15, -0.1) is 0 Å². The maximum Gasteiger partial charge on any atom is 0.416 e. The van der Waals surface area contributed by atoms with Gasteiger partial charge in [-0.25, -0.2) is 0 Å². The number of nitrogens with zero attached hydrogens (tertiary/aromatic N) is 2. The fraction of sp³-hybridized carbons (Fsp3) is 0.588. The van der Waals surface area contributed by atoms with Gasteiger partial charge in [0.05, 0.1) is 12.2 Å². The molecule has 0 aromatic heterocycles. The molecule has 1 unspecified atom stereocenters. The van der Waals surface area contributed by atoms with E-state index >= 15 is 0 Å². The predicted molar refractivity (Wildman–Crippen MR) is 82.3 cm³/mol. The molecule has 1 amide bonds. The maximum atomic E-state index is 13.1. The van der Waals surface area contributed by atoms with Crippen molar-refractivity contribution < 1.29 is 22.7 Å². The van der Waals surface area contributed by atoms with E-state index in [1.807, 2.05) is 4.90 Å². The molecule has 1 aromatic carbocycles. The Balaban J connectivity index is 1.67. The van der Waals surface area contributed by atoms with Crippen LogP contribution in [0.4, 0.5) is 13.2 Å². The van der Waals surface area contributed by atoms with E-state index in [0.29, 0.717) is 19.7 Å². The molecule has 0 spiro atoms. The molecule has 2 aliphatic rings. The van der Waals surface area contributed by atoms with Gasteiger partial charge in [0, 0.05) is 32.7 Å². The third kappa shape index (κ3) is 3.89. The van der Waals surface area contributed by atoms with E-state index in [0.717, 1.165) is 32.0 Å². The van der Waals surface area contributed by atoms with Crippen molar-refractivity contribution in [2.24, 2.45) is 0 Å². The summed E-state index contributed by atoms with van der Waals surface area (Å²) in [6.07, 6.45) is -2.94. The average Bonchev–Trinajstić information content (AvgIpc) is 3.08. The van der Waals surface area contributed by atoms with Crippen LogP contribution in [0.25, 0.3) is 0 Å². The number of hydrogen-bond acceptors (Lipinski definition) is 3. The summed E-state index contributed by atoms with van der Waals surface area (Å²) in [5.74, 6) is -0.0405. The molecule has 132 valence electrons. The largest absolute Gasteiger partial charge is 0.416 e. The number of amides is 1. The lowest BCUT2D eigenvalue weighted by Crippen LogP contribution is -2.50. The van der Waals surface area contributed by atoms with Crippen LogP contribution < -0.4 is 0 Å². The van der Waals surface area contributed by atoms with Crippen molar-refractivity contribution in [3.63, 3.8) is 0 Å². The molecule has 1 aromatic rings. The molecule has 0 bridgehead atoms. The van der Waals surface area contributed by atoms with Gasteiger partial charge in [0.2, 0.25) is 0 Å². The van der Waals surface area contributed by atoms with Gasteiger partial charge in [0.1, 0.15) is 6.10 Å². The van der Waals surface area contributed by atoms with Crippen molar-refractivity contribution in [3.05, 3.63) is 35.4 Å². The van der Waals surface area contributed by atoms with Crippen molar-refractivity contribution in [1.29, 1.82) is 0 Å². The van der Waals surface area contributed by atoms with Crippen molar-refractivity contribution >= 4 is 5.91 Å². The smallest absolute Gasteiger partial charge is 0.366 e. The molecule has 3 rings (SSSR count). The second kappa shape index (κ2) is 7.11. The van der Waals surface area contributed by atoms with E-state index in [2.05, 4.69) is 0 Å². The number of benzene rings is 1. The first-order valence-electron chi connectivity index (χ1n) is 8.23.